The first-order valence-electron chi connectivity index (χ1n) is 11.5. The van der Waals surface area contributed by atoms with Gasteiger partial charge in [-0.3, -0.25) is 4.90 Å². The Labute approximate surface area is 203 Å². The number of thiophene rings is 1. The van der Waals surface area contributed by atoms with Gasteiger partial charge in [-0.25, -0.2) is 18.4 Å². The molecule has 0 aromatic carbocycles. The number of ether oxygens (including phenoxy) is 1. The Bertz CT molecular complexity index is 1090. The van der Waals surface area contributed by atoms with Crippen LogP contribution >= 0.6 is 11.3 Å². The molecule has 3 fully saturated rings. The summed E-state index contributed by atoms with van der Waals surface area (Å²) in [4.78, 5) is 13.3. The minimum atomic E-state index is -3.59. The predicted molar refractivity (Wildman–Crippen MR) is 127 cm³/mol. The van der Waals surface area contributed by atoms with E-state index in [1.54, 1.807) is 48.1 Å². The van der Waals surface area contributed by atoms with E-state index in [4.69, 9.17) is 4.74 Å². The van der Waals surface area contributed by atoms with Crippen molar-refractivity contribution in [2.45, 2.75) is 54.3 Å². The van der Waals surface area contributed by atoms with Crippen LogP contribution in [0.15, 0.2) is 34.1 Å². The number of hydrogen-bond donors (Lipinski definition) is 2. The van der Waals surface area contributed by atoms with Crippen molar-refractivity contribution in [1.82, 2.24) is 19.2 Å². The molecule has 5 rings (SSSR count). The van der Waals surface area contributed by atoms with Crippen LogP contribution in [-0.4, -0.2) is 101 Å². The quantitative estimate of drug-likeness (QED) is 0.573. The summed E-state index contributed by atoms with van der Waals surface area (Å²) in [6.07, 6.45) is 3.45. The van der Waals surface area contributed by atoms with Gasteiger partial charge in [-0.05, 0) is 31.7 Å². The van der Waals surface area contributed by atoms with E-state index < -0.39 is 21.7 Å². The minimum absolute atomic E-state index is 0.0941. The van der Waals surface area contributed by atoms with Crippen molar-refractivity contribution in [2.24, 2.45) is 0 Å². The van der Waals surface area contributed by atoms with Crippen molar-refractivity contribution < 1.29 is 23.4 Å². The number of aliphatic hydroxyl groups is 2. The number of fused-ring (bicyclic) bond motifs is 2. The topological polar surface area (TPSA) is 119 Å². The molecule has 2 aromatic heterocycles. The van der Waals surface area contributed by atoms with Crippen LogP contribution in [0.4, 0.5) is 5.95 Å². The van der Waals surface area contributed by atoms with Gasteiger partial charge in [-0.2, -0.15) is 4.31 Å². The number of nitrogens with zero attached hydrogens (tertiary/aromatic N) is 5. The van der Waals surface area contributed by atoms with E-state index in [2.05, 4.69) is 19.8 Å². The molecule has 2 bridgehead atoms. The van der Waals surface area contributed by atoms with Gasteiger partial charge < -0.3 is 19.8 Å². The highest BCUT2D eigenvalue weighted by molar-refractivity contribution is 7.91. The average Bonchev–Trinajstić information content (AvgIpc) is 3.39. The summed E-state index contributed by atoms with van der Waals surface area (Å²) < 4.78 is 34.1. The molecular weight excluding hydrogens is 478 g/mol. The van der Waals surface area contributed by atoms with Gasteiger partial charge in [0.1, 0.15) is 4.21 Å². The SMILES string of the molecule is CC(C)(O)c1cnc(N2CCN(S(=O)(=O)c3cccs3)C[C@@H]2CN2[C@H]3COC[C@@H]2[C@H](O)C3)nc1. The van der Waals surface area contributed by atoms with Gasteiger partial charge in [0.15, 0.2) is 0 Å². The van der Waals surface area contributed by atoms with E-state index in [1.165, 1.54) is 11.3 Å². The molecule has 0 saturated carbocycles. The zero-order valence-electron chi connectivity index (χ0n) is 19.3. The maximum atomic E-state index is 13.3. The van der Waals surface area contributed by atoms with Crippen LogP contribution in [0.5, 0.6) is 0 Å². The Morgan fingerprint density at radius 3 is 2.65 bits per heavy atom. The van der Waals surface area contributed by atoms with Gasteiger partial charge in [0.25, 0.3) is 10.0 Å². The minimum Gasteiger partial charge on any atom is -0.391 e. The molecule has 3 saturated heterocycles. The first kappa shape index (κ1) is 24.0. The lowest BCUT2D eigenvalue weighted by Gasteiger charge is -2.45. The summed E-state index contributed by atoms with van der Waals surface area (Å²) >= 11 is 1.22. The summed E-state index contributed by atoms with van der Waals surface area (Å²) in [5.41, 5.74) is -0.435. The van der Waals surface area contributed by atoms with E-state index in [-0.39, 0.29) is 18.1 Å². The number of aliphatic hydroxyl groups excluding tert-OH is 1. The summed E-state index contributed by atoms with van der Waals surface area (Å²) in [5, 5.41) is 22.5. The van der Waals surface area contributed by atoms with Crippen molar-refractivity contribution in [3.8, 4) is 0 Å². The van der Waals surface area contributed by atoms with Crippen LogP contribution in [0.1, 0.15) is 25.8 Å². The van der Waals surface area contributed by atoms with Gasteiger partial charge in [-0.1, -0.05) is 6.07 Å². The monoisotopic (exact) mass is 509 g/mol. The Hall–Kier alpha value is -1.67. The maximum absolute atomic E-state index is 13.3. The normalized spacial score (nSPS) is 29.0. The summed E-state index contributed by atoms with van der Waals surface area (Å²) in [6.45, 7) is 6.04. The second-order valence-electron chi connectivity index (χ2n) is 9.73. The maximum Gasteiger partial charge on any atom is 0.252 e. The molecule has 0 radical (unpaired) electrons. The smallest absolute Gasteiger partial charge is 0.252 e. The highest BCUT2D eigenvalue weighted by atomic mass is 32.2. The van der Waals surface area contributed by atoms with Crippen molar-refractivity contribution in [3.05, 3.63) is 35.5 Å². The lowest BCUT2D eigenvalue weighted by molar-refractivity contribution is -0.0345. The predicted octanol–water partition coefficient (Wildman–Crippen LogP) is 0.479. The van der Waals surface area contributed by atoms with E-state index in [0.717, 1.165) is 0 Å². The number of anilines is 1. The zero-order valence-corrected chi connectivity index (χ0v) is 21.0. The van der Waals surface area contributed by atoms with Crippen LogP contribution in [0.3, 0.4) is 0 Å². The average molecular weight is 510 g/mol. The third-order valence-corrected chi connectivity index (χ3v) is 10.2. The van der Waals surface area contributed by atoms with Crippen LogP contribution < -0.4 is 4.90 Å². The third-order valence-electron chi connectivity index (χ3n) is 7.01. The molecule has 10 nitrogen and oxygen atoms in total. The second kappa shape index (κ2) is 9.08. The molecule has 34 heavy (non-hydrogen) atoms. The molecule has 0 unspecified atom stereocenters. The van der Waals surface area contributed by atoms with Gasteiger partial charge in [0.2, 0.25) is 5.95 Å². The summed E-state index contributed by atoms with van der Waals surface area (Å²) in [5.74, 6) is 0.507. The number of aromatic nitrogens is 2. The van der Waals surface area contributed by atoms with Crippen LogP contribution in [0.25, 0.3) is 0 Å². The Morgan fingerprint density at radius 2 is 2.00 bits per heavy atom. The van der Waals surface area contributed by atoms with Crippen molar-refractivity contribution in [3.63, 3.8) is 0 Å². The highest BCUT2D eigenvalue weighted by Gasteiger charge is 2.46. The van der Waals surface area contributed by atoms with Crippen molar-refractivity contribution in [1.29, 1.82) is 0 Å². The Balaban J connectivity index is 1.42. The second-order valence-corrected chi connectivity index (χ2v) is 12.8. The first-order chi connectivity index (χ1) is 16.1. The number of rotatable bonds is 6. The van der Waals surface area contributed by atoms with Gasteiger partial charge in [0.05, 0.1) is 37.0 Å². The van der Waals surface area contributed by atoms with Gasteiger partial charge in [0, 0.05) is 50.2 Å². The first-order valence-corrected chi connectivity index (χ1v) is 13.8. The van der Waals surface area contributed by atoms with Gasteiger partial charge in [-0.15, -0.1) is 11.3 Å². The summed E-state index contributed by atoms with van der Waals surface area (Å²) in [6, 6.07) is 3.20. The largest absolute Gasteiger partial charge is 0.391 e. The lowest BCUT2D eigenvalue weighted by Crippen LogP contribution is -2.61. The van der Waals surface area contributed by atoms with E-state index >= 15 is 0 Å². The van der Waals surface area contributed by atoms with Crippen molar-refractivity contribution in [2.75, 3.05) is 44.3 Å². The molecule has 186 valence electrons. The van der Waals surface area contributed by atoms with Crippen molar-refractivity contribution >= 4 is 27.3 Å². The molecule has 0 spiro atoms. The van der Waals surface area contributed by atoms with E-state index in [0.29, 0.717) is 61.5 Å². The molecule has 3 aliphatic rings. The van der Waals surface area contributed by atoms with Gasteiger partial charge >= 0.3 is 0 Å². The number of sulfonamides is 1. The Morgan fingerprint density at radius 1 is 1.24 bits per heavy atom. The molecule has 5 heterocycles. The molecule has 2 N–H and O–H groups in total. The lowest BCUT2D eigenvalue weighted by atomic mass is 10.0. The number of piperazine rings is 1. The summed E-state index contributed by atoms with van der Waals surface area (Å²) in [7, 11) is -3.59. The number of morpholine rings is 1. The Kier molecular flexibility index (Phi) is 6.42. The fourth-order valence-corrected chi connectivity index (χ4v) is 7.69. The number of hydrogen-bond acceptors (Lipinski definition) is 10. The molecule has 0 aliphatic carbocycles. The van der Waals surface area contributed by atoms with Crippen LogP contribution in [-0.2, 0) is 20.4 Å². The van der Waals surface area contributed by atoms with Crippen LogP contribution in [0, 0.1) is 0 Å². The highest BCUT2D eigenvalue weighted by Crippen LogP contribution is 2.32. The fourth-order valence-electron chi connectivity index (χ4n) is 5.07. The third kappa shape index (κ3) is 4.48. The molecule has 2 aromatic rings. The zero-order chi connectivity index (χ0) is 24.1. The molecule has 12 heteroatoms. The van der Waals surface area contributed by atoms with Crippen LogP contribution in [0.2, 0.25) is 0 Å². The van der Waals surface area contributed by atoms with E-state index in [1.807, 2.05) is 0 Å². The molecular formula is C22H31N5O5S2. The molecule has 3 aliphatic heterocycles. The molecule has 0 amide bonds. The standard InChI is InChI=1S/C22H31N5O5S2/c1-22(2,29)15-9-23-21(24-10-15)26-6-5-25(34(30,31)20-4-3-7-33-20)11-17(26)12-27-16-8-19(28)18(27)14-32-13-16/h3-4,7,9-10,16-19,28-29H,5-6,8,11-14H2,1-2H3/t16-,17-,18-,19-/m1/s1. The molecule has 4 atom stereocenters. The van der Waals surface area contributed by atoms with E-state index in [9.17, 15) is 18.6 Å². The fraction of sp³-hybridized carbons (Fsp3) is 0.636.